The lowest BCUT2D eigenvalue weighted by atomic mass is 9.87. The highest BCUT2D eigenvalue weighted by atomic mass is 35.5. The molecule has 68 heavy (non-hydrogen) atoms. The van der Waals surface area contributed by atoms with Gasteiger partial charge in [0.1, 0.15) is 11.5 Å². The highest BCUT2D eigenvalue weighted by Gasteiger charge is 2.31. The second-order valence-electron chi connectivity index (χ2n) is 18.8. The number of hydrogen-bond acceptors (Lipinski definition) is 12. The summed E-state index contributed by atoms with van der Waals surface area (Å²) in [5.41, 5.74) is 6.12. The zero-order valence-electron chi connectivity index (χ0n) is 39.8. The van der Waals surface area contributed by atoms with Crippen molar-refractivity contribution in [1.29, 1.82) is 0 Å². The third kappa shape index (κ3) is 12.4. The van der Waals surface area contributed by atoms with Gasteiger partial charge >= 0.3 is 0 Å². The third-order valence-corrected chi connectivity index (χ3v) is 18.4. The van der Waals surface area contributed by atoms with E-state index in [-0.39, 0.29) is 10.8 Å². The van der Waals surface area contributed by atoms with Crippen molar-refractivity contribution < 1.29 is 26.3 Å². The molecule has 0 radical (unpaired) electrons. The van der Waals surface area contributed by atoms with E-state index in [4.69, 9.17) is 42.6 Å². The van der Waals surface area contributed by atoms with E-state index in [0.717, 1.165) is 55.4 Å². The van der Waals surface area contributed by atoms with E-state index in [0.29, 0.717) is 85.0 Å². The Morgan fingerprint density at radius 3 is 1.38 bits per heavy atom. The standard InChI is InChI=1S/C26H33N3O4S2.C24H27Cl2N3O2S2/c1-26(2,3)20-7-10-23(11-8-20)35(30,31)29-14-12-28(13-15-29)25-27-21(18-34-25)16-19-6-9-22(32-4)17-24(19)33-5;1-24(2,3)18-5-8-21(9-6-18)33(30,31)29-12-10-28(11-13-29)23-27-20(16-32-23)14-17-4-7-19(25)15-22(17)26/h6-11,17-18H,12-16H2,1-5H3;4-9,15-16H,10-14H2,1-3H3. The molecule has 2 aliphatic heterocycles. The molecular formula is C50H60Cl2N6O6S4. The van der Waals surface area contributed by atoms with Gasteiger partial charge in [0.2, 0.25) is 20.0 Å². The van der Waals surface area contributed by atoms with Crippen LogP contribution in [0.15, 0.2) is 105 Å². The zero-order valence-corrected chi connectivity index (χ0v) is 44.6. The Labute approximate surface area is 420 Å². The van der Waals surface area contributed by atoms with Gasteiger partial charge in [-0.25, -0.2) is 26.8 Å². The van der Waals surface area contributed by atoms with Gasteiger partial charge in [0.05, 0.1) is 35.4 Å². The van der Waals surface area contributed by atoms with Crippen LogP contribution in [0, 0.1) is 0 Å². The average Bonchev–Trinajstić information content (AvgIpc) is 4.00. The summed E-state index contributed by atoms with van der Waals surface area (Å²) in [5, 5.41) is 7.15. The molecule has 4 heterocycles. The predicted molar refractivity (Wildman–Crippen MR) is 278 cm³/mol. The van der Waals surface area contributed by atoms with Crippen LogP contribution in [0.2, 0.25) is 10.0 Å². The van der Waals surface area contributed by atoms with Crippen LogP contribution in [-0.2, 0) is 43.7 Å². The molecule has 6 aromatic rings. The van der Waals surface area contributed by atoms with Crippen LogP contribution < -0.4 is 19.3 Å². The molecular weight excluding hydrogens is 980 g/mol. The molecule has 0 atom stereocenters. The highest BCUT2D eigenvalue weighted by Crippen LogP contribution is 2.32. The van der Waals surface area contributed by atoms with Gasteiger partial charge in [-0.2, -0.15) is 8.61 Å². The molecule has 0 spiro atoms. The first-order valence-corrected chi connectivity index (χ1v) is 27.8. The van der Waals surface area contributed by atoms with Crippen molar-refractivity contribution in [3.63, 3.8) is 0 Å². The van der Waals surface area contributed by atoms with Gasteiger partial charge < -0.3 is 19.3 Å². The summed E-state index contributed by atoms with van der Waals surface area (Å²) in [6.07, 6.45) is 1.29. The fourth-order valence-corrected chi connectivity index (χ4v) is 13.0. The number of benzene rings is 4. The number of hydrogen-bond donors (Lipinski definition) is 0. The molecule has 0 saturated carbocycles. The Morgan fingerprint density at radius 1 is 0.559 bits per heavy atom. The minimum atomic E-state index is -3.51. The summed E-state index contributed by atoms with van der Waals surface area (Å²) >= 11 is 15.4. The Bertz CT molecular complexity index is 2880. The van der Waals surface area contributed by atoms with Crippen LogP contribution in [0.5, 0.6) is 11.5 Å². The lowest BCUT2D eigenvalue weighted by molar-refractivity contribution is 0.384. The molecule has 0 amide bonds. The number of piperazine rings is 2. The van der Waals surface area contributed by atoms with E-state index in [1.54, 1.807) is 75.8 Å². The summed E-state index contributed by atoms with van der Waals surface area (Å²) < 4.78 is 66.5. The first-order valence-electron chi connectivity index (χ1n) is 22.4. The second-order valence-corrected chi connectivity index (χ2v) is 25.2. The number of aromatic nitrogens is 2. The van der Waals surface area contributed by atoms with Crippen molar-refractivity contribution in [1.82, 2.24) is 18.6 Å². The van der Waals surface area contributed by atoms with Gasteiger partial charge in [0, 0.05) is 97.6 Å². The summed E-state index contributed by atoms with van der Waals surface area (Å²) in [7, 11) is -3.74. The molecule has 2 aliphatic rings. The smallest absolute Gasteiger partial charge is 0.243 e. The Hall–Kier alpha value is -4.26. The molecule has 0 unspecified atom stereocenters. The lowest BCUT2D eigenvalue weighted by Crippen LogP contribution is -2.48. The fourth-order valence-electron chi connectivity index (χ4n) is 7.89. The summed E-state index contributed by atoms with van der Waals surface area (Å²) in [4.78, 5) is 14.6. The quantitative estimate of drug-likeness (QED) is 0.117. The van der Waals surface area contributed by atoms with Gasteiger partial charge in [0.25, 0.3) is 0 Å². The molecule has 2 saturated heterocycles. The van der Waals surface area contributed by atoms with Crippen LogP contribution in [0.4, 0.5) is 10.3 Å². The van der Waals surface area contributed by atoms with Crippen LogP contribution in [0.25, 0.3) is 0 Å². The van der Waals surface area contributed by atoms with E-state index in [2.05, 4.69) is 56.7 Å². The summed E-state index contributed by atoms with van der Waals surface area (Å²) in [6, 6.07) is 25.8. The maximum atomic E-state index is 13.2. The normalized spacial score (nSPS) is 15.5. The van der Waals surface area contributed by atoms with Gasteiger partial charge in [-0.3, -0.25) is 0 Å². The average molecular weight is 1040 g/mol. The number of sulfonamides is 2. The molecule has 0 aliphatic carbocycles. The van der Waals surface area contributed by atoms with E-state index >= 15 is 0 Å². The van der Waals surface area contributed by atoms with Crippen LogP contribution in [0.1, 0.15) is 75.2 Å². The van der Waals surface area contributed by atoms with Crippen LogP contribution in [-0.4, -0.2) is 102 Å². The van der Waals surface area contributed by atoms with E-state index in [1.165, 1.54) is 0 Å². The van der Waals surface area contributed by atoms with Crippen molar-refractivity contribution in [2.24, 2.45) is 0 Å². The number of methoxy groups -OCH3 is 2. The minimum Gasteiger partial charge on any atom is -0.497 e. The van der Waals surface area contributed by atoms with Crippen molar-refractivity contribution in [3.05, 3.63) is 139 Å². The maximum Gasteiger partial charge on any atom is 0.243 e. The van der Waals surface area contributed by atoms with Crippen molar-refractivity contribution >= 4 is 76.2 Å². The van der Waals surface area contributed by atoms with Crippen LogP contribution in [0.3, 0.4) is 0 Å². The SMILES string of the molecule is CC(C)(C)c1ccc(S(=O)(=O)N2CCN(c3nc(Cc4ccc(Cl)cc4Cl)cs3)CC2)cc1.COc1ccc(Cc2csc(N3CCN(S(=O)(=O)c4ccc(C(C)(C)C)cc4)CC3)n2)c(OC)c1. The topological polar surface area (TPSA) is 125 Å². The lowest BCUT2D eigenvalue weighted by Gasteiger charge is -2.33. The molecule has 364 valence electrons. The minimum absolute atomic E-state index is 0.0145. The molecule has 2 fully saturated rings. The van der Waals surface area contributed by atoms with Gasteiger partial charge in [-0.1, -0.05) is 101 Å². The van der Waals surface area contributed by atoms with Crippen molar-refractivity contribution in [2.75, 3.05) is 76.4 Å². The third-order valence-electron chi connectivity index (χ3n) is 12.1. The maximum absolute atomic E-state index is 13.2. The molecule has 0 N–H and O–H groups in total. The van der Waals surface area contributed by atoms with Gasteiger partial charge in [-0.05, 0) is 70.0 Å². The fraction of sp³-hybridized carbons (Fsp3) is 0.400. The highest BCUT2D eigenvalue weighted by molar-refractivity contribution is 7.89. The van der Waals surface area contributed by atoms with Crippen molar-refractivity contribution in [2.45, 2.75) is 75.0 Å². The number of rotatable bonds is 12. The molecule has 12 nitrogen and oxygen atoms in total. The predicted octanol–water partition coefficient (Wildman–Crippen LogP) is 10.4. The Kier molecular flexibility index (Phi) is 16.2. The monoisotopic (exact) mass is 1040 g/mol. The summed E-state index contributed by atoms with van der Waals surface area (Å²) in [6.45, 7) is 16.9. The summed E-state index contributed by atoms with van der Waals surface area (Å²) in [5.74, 6) is 1.52. The molecule has 2 aromatic heterocycles. The van der Waals surface area contributed by atoms with E-state index < -0.39 is 20.0 Å². The number of anilines is 2. The number of nitrogens with zero attached hydrogens (tertiary/aromatic N) is 6. The molecule has 18 heteroatoms. The Morgan fingerprint density at radius 2 is 0.985 bits per heavy atom. The molecule has 0 bridgehead atoms. The van der Waals surface area contributed by atoms with Gasteiger partial charge in [0.15, 0.2) is 10.3 Å². The molecule has 8 rings (SSSR count). The van der Waals surface area contributed by atoms with Crippen LogP contribution >= 0.6 is 45.9 Å². The molecule has 4 aromatic carbocycles. The first kappa shape index (κ1) is 51.6. The number of halogens is 2. The first-order chi connectivity index (χ1) is 32.1. The van der Waals surface area contributed by atoms with Gasteiger partial charge in [-0.15, -0.1) is 22.7 Å². The second kappa shape index (κ2) is 21.4. The van der Waals surface area contributed by atoms with Crippen molar-refractivity contribution in [3.8, 4) is 11.5 Å². The largest absolute Gasteiger partial charge is 0.497 e. The Balaban J connectivity index is 0.000000202. The number of thiazole rings is 2. The number of ether oxygens (including phenoxy) is 2. The zero-order chi connectivity index (χ0) is 49.0. The van der Waals surface area contributed by atoms with E-state index in [9.17, 15) is 16.8 Å². The van der Waals surface area contributed by atoms with E-state index in [1.807, 2.05) is 60.0 Å².